The zero-order valence-corrected chi connectivity index (χ0v) is 19.7. The Balaban J connectivity index is 1.36. The number of fused-ring (bicyclic) bond motifs is 3. The normalized spacial score (nSPS) is 16.1. The van der Waals surface area contributed by atoms with Gasteiger partial charge in [0.1, 0.15) is 12.6 Å². The number of ether oxygens (including phenoxy) is 1. The second kappa shape index (κ2) is 10.9. The second-order valence-electron chi connectivity index (χ2n) is 8.48. The minimum Gasteiger partial charge on any atom is -0.479 e. The first-order valence-electron chi connectivity index (χ1n) is 11.3. The fourth-order valence-electron chi connectivity index (χ4n) is 4.23. The Labute approximate surface area is 202 Å². The smallest absolute Gasteiger partial charge is 0.407 e. The number of hydrogen-bond acceptors (Lipinski definition) is 6. The highest BCUT2D eigenvalue weighted by Gasteiger charge is 2.38. The number of benzene rings is 2. The predicted molar refractivity (Wildman–Crippen MR) is 128 cm³/mol. The monoisotopic (exact) mass is 484 g/mol. The summed E-state index contributed by atoms with van der Waals surface area (Å²) < 4.78 is 5.54. The Hall–Kier alpha value is -3.04. The molecule has 2 aromatic rings. The highest BCUT2D eigenvalue weighted by molar-refractivity contribution is 7.98. The van der Waals surface area contributed by atoms with Gasteiger partial charge in [-0.05, 0) is 59.4 Å². The SMILES string of the molecule is CSCCC(NC(=O)OCC1c2ccccc2-c2ccccc21)C(=O)NOC(C(=O)O)C1CC1. The van der Waals surface area contributed by atoms with E-state index in [4.69, 9.17) is 9.57 Å². The number of aliphatic carboxylic acids is 1. The number of carboxylic acids is 1. The number of nitrogens with one attached hydrogen (secondary N) is 2. The van der Waals surface area contributed by atoms with Crippen molar-refractivity contribution in [3.63, 3.8) is 0 Å². The molecule has 0 bridgehead atoms. The maximum Gasteiger partial charge on any atom is 0.407 e. The largest absolute Gasteiger partial charge is 0.479 e. The van der Waals surface area contributed by atoms with E-state index in [0.717, 1.165) is 35.1 Å². The Morgan fingerprint density at radius 2 is 1.68 bits per heavy atom. The molecule has 0 radical (unpaired) electrons. The van der Waals surface area contributed by atoms with Crippen LogP contribution in [0.2, 0.25) is 0 Å². The molecule has 0 spiro atoms. The summed E-state index contributed by atoms with van der Waals surface area (Å²) >= 11 is 1.53. The van der Waals surface area contributed by atoms with Crippen LogP contribution in [0.25, 0.3) is 11.1 Å². The van der Waals surface area contributed by atoms with Crippen LogP contribution in [0.3, 0.4) is 0 Å². The van der Waals surface area contributed by atoms with Crippen LogP contribution >= 0.6 is 11.8 Å². The number of hydroxylamine groups is 1. The molecule has 0 aliphatic heterocycles. The first kappa shape index (κ1) is 24.1. The number of carbonyl (C=O) groups excluding carboxylic acids is 2. The molecule has 1 fully saturated rings. The molecule has 0 saturated heterocycles. The molecule has 2 atom stereocenters. The third kappa shape index (κ3) is 5.53. The number of thioether (sulfide) groups is 1. The van der Waals surface area contributed by atoms with E-state index in [1.54, 1.807) is 0 Å². The molecule has 180 valence electrons. The van der Waals surface area contributed by atoms with E-state index in [2.05, 4.69) is 22.9 Å². The van der Waals surface area contributed by atoms with E-state index in [1.807, 2.05) is 42.7 Å². The average molecular weight is 485 g/mol. The zero-order valence-electron chi connectivity index (χ0n) is 18.9. The molecule has 8 nitrogen and oxygen atoms in total. The van der Waals surface area contributed by atoms with Crippen LogP contribution in [0.5, 0.6) is 0 Å². The molecule has 0 heterocycles. The summed E-state index contributed by atoms with van der Waals surface area (Å²) in [5, 5.41) is 11.9. The Bertz CT molecular complexity index is 1010. The third-order valence-corrected chi connectivity index (χ3v) is 6.79. The average Bonchev–Trinajstić information content (AvgIpc) is 3.62. The lowest BCUT2D eigenvalue weighted by atomic mass is 9.98. The molecule has 1 saturated carbocycles. The lowest BCUT2D eigenvalue weighted by Crippen LogP contribution is -2.49. The topological polar surface area (TPSA) is 114 Å². The van der Waals surface area contributed by atoms with E-state index in [1.165, 1.54) is 11.8 Å². The summed E-state index contributed by atoms with van der Waals surface area (Å²) in [4.78, 5) is 41.7. The van der Waals surface area contributed by atoms with Crippen molar-refractivity contribution in [2.75, 3.05) is 18.6 Å². The van der Waals surface area contributed by atoms with E-state index >= 15 is 0 Å². The van der Waals surface area contributed by atoms with Crippen molar-refractivity contribution in [2.45, 2.75) is 37.3 Å². The minimum absolute atomic E-state index is 0.0881. The van der Waals surface area contributed by atoms with Crippen molar-refractivity contribution < 1.29 is 29.1 Å². The quantitative estimate of drug-likeness (QED) is 0.418. The molecule has 2 aliphatic carbocycles. The van der Waals surface area contributed by atoms with Crippen molar-refractivity contribution >= 4 is 29.7 Å². The van der Waals surface area contributed by atoms with Crippen molar-refractivity contribution in [1.29, 1.82) is 0 Å². The van der Waals surface area contributed by atoms with Gasteiger partial charge in [-0.3, -0.25) is 9.63 Å². The van der Waals surface area contributed by atoms with Crippen LogP contribution < -0.4 is 10.8 Å². The fourth-order valence-corrected chi connectivity index (χ4v) is 4.70. The first-order valence-corrected chi connectivity index (χ1v) is 12.7. The molecule has 9 heteroatoms. The van der Waals surface area contributed by atoms with Gasteiger partial charge in [0, 0.05) is 5.92 Å². The summed E-state index contributed by atoms with van der Waals surface area (Å²) in [7, 11) is 0. The standard InChI is InChI=1S/C25H28N2O6S/c1-34-13-12-21(23(28)27-33-22(24(29)30)15-10-11-15)26-25(31)32-14-20-18-8-4-2-6-16(18)17-7-3-5-9-19(17)20/h2-9,15,20-22H,10-14H2,1H3,(H,26,31)(H,27,28)(H,29,30). The van der Waals surface area contributed by atoms with Gasteiger partial charge in [0.2, 0.25) is 0 Å². The fraction of sp³-hybridized carbons (Fsp3) is 0.400. The van der Waals surface area contributed by atoms with Gasteiger partial charge in [-0.2, -0.15) is 11.8 Å². The lowest BCUT2D eigenvalue weighted by Gasteiger charge is -2.20. The van der Waals surface area contributed by atoms with Crippen molar-refractivity contribution in [3.8, 4) is 11.1 Å². The van der Waals surface area contributed by atoms with Crippen LogP contribution in [0, 0.1) is 5.92 Å². The molecule has 0 aromatic heterocycles. The van der Waals surface area contributed by atoms with Crippen molar-refractivity contribution in [2.24, 2.45) is 5.92 Å². The third-order valence-electron chi connectivity index (χ3n) is 6.14. The summed E-state index contributed by atoms with van der Waals surface area (Å²) in [6.45, 7) is 0.135. The molecule has 2 amide bonds. The van der Waals surface area contributed by atoms with Gasteiger partial charge in [-0.1, -0.05) is 48.5 Å². The van der Waals surface area contributed by atoms with Crippen LogP contribution in [0.15, 0.2) is 48.5 Å². The summed E-state index contributed by atoms with van der Waals surface area (Å²) in [6.07, 6.45) is 1.95. The highest BCUT2D eigenvalue weighted by Crippen LogP contribution is 2.44. The second-order valence-corrected chi connectivity index (χ2v) is 9.47. The maximum absolute atomic E-state index is 12.6. The van der Waals surface area contributed by atoms with Crippen LogP contribution in [0.1, 0.15) is 36.3 Å². The predicted octanol–water partition coefficient (Wildman–Crippen LogP) is 3.56. The number of carboxylic acid groups (broad SMARTS) is 1. The molecule has 3 N–H and O–H groups in total. The Kier molecular flexibility index (Phi) is 7.74. The molecular weight excluding hydrogens is 456 g/mol. The van der Waals surface area contributed by atoms with Crippen LogP contribution in [-0.4, -0.2) is 53.8 Å². The number of rotatable bonds is 11. The van der Waals surface area contributed by atoms with Gasteiger partial charge in [-0.25, -0.2) is 15.1 Å². The van der Waals surface area contributed by atoms with E-state index in [-0.39, 0.29) is 18.4 Å². The summed E-state index contributed by atoms with van der Waals surface area (Å²) in [5.41, 5.74) is 6.68. The molecule has 2 aliphatic rings. The molecule has 2 aromatic carbocycles. The van der Waals surface area contributed by atoms with Gasteiger partial charge in [0.25, 0.3) is 5.91 Å². The van der Waals surface area contributed by atoms with E-state index in [0.29, 0.717) is 12.2 Å². The number of alkyl carbamates (subject to hydrolysis) is 1. The molecular formula is C25H28N2O6S. The minimum atomic E-state index is -1.12. The van der Waals surface area contributed by atoms with Gasteiger partial charge in [-0.15, -0.1) is 0 Å². The molecule has 2 unspecified atom stereocenters. The molecule has 34 heavy (non-hydrogen) atoms. The number of carbonyl (C=O) groups is 3. The van der Waals surface area contributed by atoms with Crippen molar-refractivity contribution in [1.82, 2.24) is 10.8 Å². The van der Waals surface area contributed by atoms with Crippen LogP contribution in [0.4, 0.5) is 4.79 Å². The van der Waals surface area contributed by atoms with E-state index < -0.39 is 30.1 Å². The summed E-state index contributed by atoms with van der Waals surface area (Å²) in [6, 6.07) is 15.2. The van der Waals surface area contributed by atoms with Crippen molar-refractivity contribution in [3.05, 3.63) is 59.7 Å². The first-order chi connectivity index (χ1) is 16.5. The number of hydrogen-bond donors (Lipinski definition) is 3. The highest BCUT2D eigenvalue weighted by atomic mass is 32.2. The van der Waals surface area contributed by atoms with Crippen LogP contribution in [-0.2, 0) is 19.2 Å². The van der Waals surface area contributed by atoms with Gasteiger partial charge in [0.05, 0.1) is 0 Å². The maximum atomic E-state index is 12.6. The molecule has 4 rings (SSSR count). The Morgan fingerprint density at radius 3 is 2.24 bits per heavy atom. The Morgan fingerprint density at radius 1 is 1.06 bits per heavy atom. The van der Waals surface area contributed by atoms with Gasteiger partial charge in [0.15, 0.2) is 6.10 Å². The van der Waals surface area contributed by atoms with Gasteiger partial charge < -0.3 is 15.2 Å². The van der Waals surface area contributed by atoms with E-state index in [9.17, 15) is 19.5 Å². The summed E-state index contributed by atoms with van der Waals surface area (Å²) in [5.74, 6) is -1.29. The zero-order chi connectivity index (χ0) is 24.1. The number of amides is 2. The van der Waals surface area contributed by atoms with Gasteiger partial charge >= 0.3 is 12.1 Å². The lowest BCUT2D eigenvalue weighted by molar-refractivity contribution is -0.163.